The first-order chi connectivity index (χ1) is 13.1. The van der Waals surface area contributed by atoms with Crippen LogP contribution < -0.4 is 10.3 Å². The Hall–Kier alpha value is -3.60. The van der Waals surface area contributed by atoms with Crippen LogP contribution >= 0.6 is 0 Å². The van der Waals surface area contributed by atoms with E-state index in [1.165, 1.54) is 30.6 Å². The third kappa shape index (κ3) is 4.33. The minimum atomic E-state index is -0.577. The van der Waals surface area contributed by atoms with Crippen LogP contribution in [0, 0.1) is 20.2 Å². The largest absolute Gasteiger partial charge is 0.378 e. The number of hydrazone groups is 1. The predicted molar refractivity (Wildman–Crippen MR) is 98.2 cm³/mol. The van der Waals surface area contributed by atoms with Crippen LogP contribution in [0.2, 0.25) is 0 Å². The number of rotatable bonds is 6. The lowest BCUT2D eigenvalue weighted by atomic mass is 10.1. The molecular formula is C16H16N6O5. The average Bonchev–Trinajstić information content (AvgIpc) is 2.69. The Morgan fingerprint density at radius 2 is 1.89 bits per heavy atom. The highest BCUT2D eigenvalue weighted by molar-refractivity contribution is 5.83. The standard InChI is InChI=1S/C16H16N6O5/c23-21(24)14-2-1-5-17-16(14)19-18-11-12-3-4-13(15(10-12)22(25)26)20-6-8-27-9-7-20/h1-5,10-11H,6-9H2,(H,17,19)/b18-11-. The van der Waals surface area contributed by atoms with Gasteiger partial charge in [0.25, 0.3) is 5.69 Å². The number of nitro groups is 2. The van der Waals surface area contributed by atoms with Crippen LogP contribution in [-0.4, -0.2) is 47.3 Å². The summed E-state index contributed by atoms with van der Waals surface area (Å²) in [5.41, 5.74) is 3.23. The molecule has 0 aliphatic carbocycles. The van der Waals surface area contributed by atoms with E-state index in [4.69, 9.17) is 4.74 Å². The van der Waals surface area contributed by atoms with E-state index in [0.717, 1.165) is 0 Å². The fraction of sp³-hybridized carbons (Fsp3) is 0.250. The van der Waals surface area contributed by atoms with Crippen molar-refractivity contribution in [2.45, 2.75) is 0 Å². The van der Waals surface area contributed by atoms with Gasteiger partial charge in [-0.2, -0.15) is 5.10 Å². The maximum atomic E-state index is 11.4. The quantitative estimate of drug-likeness (QED) is 0.463. The molecule has 0 unspecified atom stereocenters. The van der Waals surface area contributed by atoms with Gasteiger partial charge in [-0.1, -0.05) is 6.07 Å². The second kappa shape index (κ2) is 8.19. The SMILES string of the molecule is O=[N+]([O-])c1cc(/C=N\Nc2ncccc2[N+](=O)[O-])ccc1N1CCOCC1. The van der Waals surface area contributed by atoms with Gasteiger partial charge in [-0.25, -0.2) is 4.98 Å². The van der Waals surface area contributed by atoms with Crippen molar-refractivity contribution in [1.29, 1.82) is 0 Å². The number of nitro benzene ring substituents is 1. The summed E-state index contributed by atoms with van der Waals surface area (Å²) in [6.45, 7) is 2.21. The van der Waals surface area contributed by atoms with Crippen LogP contribution in [0.15, 0.2) is 41.6 Å². The molecule has 11 nitrogen and oxygen atoms in total. The average molecular weight is 372 g/mol. The summed E-state index contributed by atoms with van der Waals surface area (Å²) in [5.74, 6) is -0.0156. The zero-order chi connectivity index (χ0) is 19.2. The summed E-state index contributed by atoms with van der Waals surface area (Å²) < 4.78 is 5.27. The molecule has 1 N–H and O–H groups in total. The summed E-state index contributed by atoms with van der Waals surface area (Å²) in [4.78, 5) is 27.1. The molecule has 0 radical (unpaired) electrons. The van der Waals surface area contributed by atoms with Crippen LogP contribution in [0.3, 0.4) is 0 Å². The van der Waals surface area contributed by atoms with E-state index in [2.05, 4.69) is 15.5 Å². The molecule has 2 aromatic rings. The van der Waals surface area contributed by atoms with Crippen molar-refractivity contribution in [2.24, 2.45) is 5.10 Å². The van der Waals surface area contributed by atoms with Crippen molar-refractivity contribution >= 4 is 29.1 Å². The monoisotopic (exact) mass is 372 g/mol. The lowest BCUT2D eigenvalue weighted by Crippen LogP contribution is -2.36. The van der Waals surface area contributed by atoms with E-state index in [0.29, 0.717) is 37.6 Å². The van der Waals surface area contributed by atoms with E-state index in [-0.39, 0.29) is 17.2 Å². The molecule has 2 heterocycles. The van der Waals surface area contributed by atoms with E-state index in [1.54, 1.807) is 12.1 Å². The number of ether oxygens (including phenoxy) is 1. The van der Waals surface area contributed by atoms with Gasteiger partial charge in [0, 0.05) is 37.0 Å². The van der Waals surface area contributed by atoms with Crippen molar-refractivity contribution < 1.29 is 14.6 Å². The summed E-state index contributed by atoms with van der Waals surface area (Å²) in [7, 11) is 0. The molecule has 1 fully saturated rings. The number of morpholine rings is 1. The van der Waals surface area contributed by atoms with Gasteiger partial charge in [-0.3, -0.25) is 25.7 Å². The van der Waals surface area contributed by atoms with Gasteiger partial charge in [0.05, 0.1) is 29.3 Å². The first-order valence-corrected chi connectivity index (χ1v) is 8.06. The first kappa shape index (κ1) is 18.2. The van der Waals surface area contributed by atoms with Crippen molar-refractivity contribution in [3.8, 4) is 0 Å². The van der Waals surface area contributed by atoms with Crippen molar-refractivity contribution in [3.63, 3.8) is 0 Å². The summed E-state index contributed by atoms with van der Waals surface area (Å²) >= 11 is 0. The second-order valence-corrected chi connectivity index (χ2v) is 5.60. The lowest BCUT2D eigenvalue weighted by molar-refractivity contribution is -0.384. The summed E-state index contributed by atoms with van der Waals surface area (Å²) in [6.07, 6.45) is 2.74. The van der Waals surface area contributed by atoms with Crippen LogP contribution in [0.25, 0.3) is 0 Å². The molecule has 11 heteroatoms. The molecule has 1 aliphatic rings. The predicted octanol–water partition coefficient (Wildman–Crippen LogP) is 2.18. The lowest BCUT2D eigenvalue weighted by Gasteiger charge is -2.28. The minimum Gasteiger partial charge on any atom is -0.378 e. The topological polar surface area (TPSA) is 136 Å². The van der Waals surface area contributed by atoms with Gasteiger partial charge in [0.15, 0.2) is 0 Å². The minimum absolute atomic E-state index is 0.0156. The molecule has 0 spiro atoms. The Morgan fingerprint density at radius 1 is 1.15 bits per heavy atom. The van der Waals surface area contributed by atoms with Gasteiger partial charge in [0.1, 0.15) is 5.69 Å². The molecule has 3 rings (SSSR count). The van der Waals surface area contributed by atoms with E-state index < -0.39 is 9.85 Å². The fourth-order valence-corrected chi connectivity index (χ4v) is 2.64. The van der Waals surface area contributed by atoms with Crippen LogP contribution in [0.5, 0.6) is 0 Å². The number of nitrogens with zero attached hydrogens (tertiary/aromatic N) is 5. The van der Waals surface area contributed by atoms with E-state index in [9.17, 15) is 20.2 Å². The molecule has 140 valence electrons. The molecule has 1 aromatic heterocycles. The molecule has 1 aliphatic heterocycles. The van der Waals surface area contributed by atoms with Crippen LogP contribution in [0.1, 0.15) is 5.56 Å². The Morgan fingerprint density at radius 3 is 2.59 bits per heavy atom. The molecule has 0 atom stereocenters. The third-order valence-electron chi connectivity index (χ3n) is 3.92. The van der Waals surface area contributed by atoms with E-state index in [1.807, 2.05) is 4.90 Å². The molecule has 1 aromatic carbocycles. The maximum Gasteiger partial charge on any atom is 0.313 e. The Labute approximate surface area is 153 Å². The van der Waals surface area contributed by atoms with E-state index >= 15 is 0 Å². The zero-order valence-corrected chi connectivity index (χ0v) is 14.1. The number of nitrogens with one attached hydrogen (secondary N) is 1. The summed E-state index contributed by atoms with van der Waals surface area (Å²) in [6, 6.07) is 7.50. The van der Waals surface area contributed by atoms with Crippen molar-refractivity contribution in [2.75, 3.05) is 36.6 Å². The molecular weight excluding hydrogens is 356 g/mol. The van der Waals surface area contributed by atoms with Gasteiger partial charge >= 0.3 is 5.69 Å². The normalized spacial score (nSPS) is 14.3. The molecule has 0 saturated carbocycles. The number of aromatic nitrogens is 1. The highest BCUT2D eigenvalue weighted by atomic mass is 16.6. The highest BCUT2D eigenvalue weighted by Crippen LogP contribution is 2.29. The number of anilines is 2. The Bertz CT molecular complexity index is 881. The van der Waals surface area contributed by atoms with Crippen LogP contribution in [-0.2, 0) is 4.74 Å². The molecule has 1 saturated heterocycles. The number of hydrogen-bond donors (Lipinski definition) is 1. The van der Waals surface area contributed by atoms with Crippen LogP contribution in [0.4, 0.5) is 22.9 Å². The Balaban J connectivity index is 1.79. The van der Waals surface area contributed by atoms with Gasteiger partial charge < -0.3 is 9.64 Å². The summed E-state index contributed by atoms with van der Waals surface area (Å²) in [5, 5.41) is 26.3. The number of pyridine rings is 1. The fourth-order valence-electron chi connectivity index (χ4n) is 2.64. The first-order valence-electron chi connectivity index (χ1n) is 8.06. The highest BCUT2D eigenvalue weighted by Gasteiger charge is 2.21. The molecule has 0 bridgehead atoms. The number of benzene rings is 1. The second-order valence-electron chi connectivity index (χ2n) is 5.60. The van der Waals surface area contributed by atoms with Crippen molar-refractivity contribution in [3.05, 3.63) is 62.3 Å². The number of hydrogen-bond acceptors (Lipinski definition) is 9. The molecule has 0 amide bonds. The Kier molecular flexibility index (Phi) is 5.52. The van der Waals surface area contributed by atoms with Gasteiger partial charge in [-0.15, -0.1) is 0 Å². The van der Waals surface area contributed by atoms with Gasteiger partial charge in [0.2, 0.25) is 5.82 Å². The maximum absolute atomic E-state index is 11.4. The third-order valence-corrected chi connectivity index (χ3v) is 3.92. The smallest absolute Gasteiger partial charge is 0.313 e. The van der Waals surface area contributed by atoms with Gasteiger partial charge in [-0.05, 0) is 12.1 Å². The van der Waals surface area contributed by atoms with Crippen molar-refractivity contribution in [1.82, 2.24) is 4.98 Å². The molecule has 27 heavy (non-hydrogen) atoms. The zero-order valence-electron chi connectivity index (χ0n) is 14.1.